The van der Waals surface area contributed by atoms with Crippen LogP contribution in [0.1, 0.15) is 26.8 Å². The van der Waals surface area contributed by atoms with Gasteiger partial charge in [0.15, 0.2) is 0 Å². The summed E-state index contributed by atoms with van der Waals surface area (Å²) in [6, 6.07) is 6.37. The summed E-state index contributed by atoms with van der Waals surface area (Å²) in [6.45, 7) is 6.08. The van der Waals surface area contributed by atoms with Crippen LogP contribution in [0.2, 0.25) is 0 Å². The molecule has 0 saturated heterocycles. The fourth-order valence-corrected chi connectivity index (χ4v) is 1.52. The summed E-state index contributed by atoms with van der Waals surface area (Å²) in [4.78, 5) is 0. The van der Waals surface area contributed by atoms with Gasteiger partial charge in [-0.3, -0.25) is 0 Å². The molecule has 1 aromatic carbocycles. The largest absolute Gasteiger partial charge is 0.490 e. The monoisotopic (exact) mass is 179 g/mol. The van der Waals surface area contributed by atoms with Crippen LogP contribution >= 0.6 is 0 Å². The van der Waals surface area contributed by atoms with E-state index >= 15 is 0 Å². The van der Waals surface area contributed by atoms with Gasteiger partial charge in [-0.1, -0.05) is 19.9 Å². The molecular formula is C11H17NO. The zero-order valence-corrected chi connectivity index (χ0v) is 8.13. The Balaban J connectivity index is 0.000000980. The average molecular weight is 179 g/mol. The topological polar surface area (TPSA) is 21.3 Å². The highest BCUT2D eigenvalue weighted by atomic mass is 16.5. The van der Waals surface area contributed by atoms with Crippen molar-refractivity contribution in [3.05, 3.63) is 23.8 Å². The first-order valence-corrected chi connectivity index (χ1v) is 4.78. The van der Waals surface area contributed by atoms with Gasteiger partial charge in [-0.2, -0.15) is 0 Å². The molecule has 2 rings (SSSR count). The Labute approximate surface area is 80.4 Å². The predicted octanol–water partition coefficient (Wildman–Crippen LogP) is 2.86. The van der Waals surface area contributed by atoms with Crippen molar-refractivity contribution < 1.29 is 6.16 Å². The van der Waals surface area contributed by atoms with Gasteiger partial charge < -0.3 is 10.1 Å². The van der Waals surface area contributed by atoms with E-state index in [9.17, 15) is 0 Å². The van der Waals surface area contributed by atoms with Gasteiger partial charge in [0.25, 0.3) is 0 Å². The van der Waals surface area contributed by atoms with Gasteiger partial charge >= 0.3 is 0 Å². The third-order valence-electron chi connectivity index (χ3n) is 2.35. The molecular weight excluding hydrogens is 162 g/mol. The maximum atomic E-state index is 5.50. The van der Waals surface area contributed by atoms with E-state index in [2.05, 4.69) is 37.4 Å². The SMILES string of the molecule is CC(C)c1ccc2c(c1)NCCO2.[HH]. The Hall–Kier alpha value is -1.18. The molecule has 0 amide bonds. The summed E-state index contributed by atoms with van der Waals surface area (Å²) in [6.07, 6.45) is 0. The maximum Gasteiger partial charge on any atom is 0.142 e. The normalized spacial score (nSPS) is 14.7. The van der Waals surface area contributed by atoms with E-state index in [1.807, 2.05) is 0 Å². The van der Waals surface area contributed by atoms with Crippen molar-refractivity contribution in [1.82, 2.24) is 0 Å². The van der Waals surface area contributed by atoms with Gasteiger partial charge in [-0.05, 0) is 23.6 Å². The van der Waals surface area contributed by atoms with Gasteiger partial charge in [0, 0.05) is 7.97 Å². The number of ether oxygens (including phenoxy) is 1. The molecule has 1 aliphatic heterocycles. The van der Waals surface area contributed by atoms with Gasteiger partial charge in [0.2, 0.25) is 0 Å². The van der Waals surface area contributed by atoms with Crippen molar-refractivity contribution >= 4 is 5.69 Å². The minimum absolute atomic E-state index is 0. The average Bonchev–Trinajstić information content (AvgIpc) is 2.17. The molecule has 1 heterocycles. The number of fused-ring (bicyclic) bond motifs is 1. The summed E-state index contributed by atoms with van der Waals surface area (Å²) in [7, 11) is 0. The lowest BCUT2D eigenvalue weighted by Crippen LogP contribution is -2.18. The first kappa shape index (κ1) is 8.42. The van der Waals surface area contributed by atoms with Crippen molar-refractivity contribution in [1.29, 1.82) is 0 Å². The molecule has 0 atom stereocenters. The second kappa shape index (κ2) is 3.29. The molecule has 0 aliphatic carbocycles. The zero-order chi connectivity index (χ0) is 9.26. The van der Waals surface area contributed by atoms with Gasteiger partial charge in [0.1, 0.15) is 12.4 Å². The quantitative estimate of drug-likeness (QED) is 0.715. The lowest BCUT2D eigenvalue weighted by atomic mass is 10.0. The third kappa shape index (κ3) is 1.62. The predicted molar refractivity (Wildman–Crippen MR) is 56.6 cm³/mol. The van der Waals surface area contributed by atoms with E-state index in [4.69, 9.17) is 4.74 Å². The van der Waals surface area contributed by atoms with Crippen LogP contribution < -0.4 is 10.1 Å². The Kier molecular flexibility index (Phi) is 2.13. The van der Waals surface area contributed by atoms with Crippen LogP contribution in [0.25, 0.3) is 0 Å². The van der Waals surface area contributed by atoms with Gasteiger partial charge in [-0.25, -0.2) is 0 Å². The van der Waals surface area contributed by atoms with E-state index in [1.54, 1.807) is 0 Å². The first-order chi connectivity index (χ1) is 6.27. The van der Waals surface area contributed by atoms with Crippen LogP contribution in [-0.2, 0) is 0 Å². The van der Waals surface area contributed by atoms with Crippen LogP contribution in [0.5, 0.6) is 5.75 Å². The number of rotatable bonds is 1. The molecule has 0 fully saturated rings. The van der Waals surface area contributed by atoms with E-state index in [-0.39, 0.29) is 1.43 Å². The summed E-state index contributed by atoms with van der Waals surface area (Å²) in [5.41, 5.74) is 2.49. The maximum absolute atomic E-state index is 5.50. The fraction of sp³-hybridized carbons (Fsp3) is 0.455. The highest BCUT2D eigenvalue weighted by Gasteiger charge is 2.10. The molecule has 72 valence electrons. The Morgan fingerprint density at radius 2 is 2.31 bits per heavy atom. The minimum Gasteiger partial charge on any atom is -0.490 e. The molecule has 0 radical (unpaired) electrons. The molecule has 0 bridgehead atoms. The van der Waals surface area contributed by atoms with E-state index in [0.29, 0.717) is 5.92 Å². The highest BCUT2D eigenvalue weighted by Crippen LogP contribution is 2.30. The highest BCUT2D eigenvalue weighted by molar-refractivity contribution is 5.59. The Morgan fingerprint density at radius 1 is 1.46 bits per heavy atom. The van der Waals surface area contributed by atoms with Crippen molar-refractivity contribution in [2.24, 2.45) is 0 Å². The smallest absolute Gasteiger partial charge is 0.142 e. The molecule has 0 aromatic heterocycles. The molecule has 13 heavy (non-hydrogen) atoms. The number of hydrogen-bond acceptors (Lipinski definition) is 2. The molecule has 0 unspecified atom stereocenters. The minimum atomic E-state index is 0. The second-order valence-electron chi connectivity index (χ2n) is 3.69. The number of nitrogens with one attached hydrogen (secondary N) is 1. The van der Waals surface area contributed by atoms with Crippen LogP contribution in [-0.4, -0.2) is 13.2 Å². The summed E-state index contributed by atoms with van der Waals surface area (Å²) in [5.74, 6) is 1.56. The molecule has 1 N–H and O–H groups in total. The lowest BCUT2D eigenvalue weighted by molar-refractivity contribution is 0.323. The second-order valence-corrected chi connectivity index (χ2v) is 3.69. The third-order valence-corrected chi connectivity index (χ3v) is 2.35. The van der Waals surface area contributed by atoms with Crippen LogP contribution in [0.3, 0.4) is 0 Å². The molecule has 2 heteroatoms. The number of hydrogen-bond donors (Lipinski definition) is 1. The number of benzene rings is 1. The van der Waals surface area contributed by atoms with Crippen molar-refractivity contribution in [2.75, 3.05) is 18.5 Å². The molecule has 1 aliphatic rings. The summed E-state index contributed by atoms with van der Waals surface area (Å²) >= 11 is 0. The summed E-state index contributed by atoms with van der Waals surface area (Å²) < 4.78 is 5.50. The van der Waals surface area contributed by atoms with E-state index < -0.39 is 0 Å². The van der Waals surface area contributed by atoms with Crippen LogP contribution in [0.15, 0.2) is 18.2 Å². The Bertz CT molecular complexity index is 312. The fourth-order valence-electron chi connectivity index (χ4n) is 1.52. The van der Waals surface area contributed by atoms with Crippen molar-refractivity contribution in [3.63, 3.8) is 0 Å². The van der Waals surface area contributed by atoms with E-state index in [1.165, 1.54) is 5.56 Å². The van der Waals surface area contributed by atoms with Crippen LogP contribution in [0.4, 0.5) is 5.69 Å². The molecule has 0 saturated carbocycles. The van der Waals surface area contributed by atoms with Crippen molar-refractivity contribution in [2.45, 2.75) is 19.8 Å². The summed E-state index contributed by atoms with van der Waals surface area (Å²) in [5, 5.41) is 3.33. The zero-order valence-electron chi connectivity index (χ0n) is 8.13. The van der Waals surface area contributed by atoms with E-state index in [0.717, 1.165) is 24.6 Å². The molecule has 1 aromatic rings. The van der Waals surface area contributed by atoms with Gasteiger partial charge in [-0.15, -0.1) is 0 Å². The number of anilines is 1. The van der Waals surface area contributed by atoms with Gasteiger partial charge in [0.05, 0.1) is 5.69 Å². The first-order valence-electron chi connectivity index (χ1n) is 4.78. The molecule has 2 nitrogen and oxygen atoms in total. The van der Waals surface area contributed by atoms with Crippen LogP contribution in [0, 0.1) is 0 Å². The Morgan fingerprint density at radius 3 is 3.08 bits per heavy atom. The van der Waals surface area contributed by atoms with Crippen molar-refractivity contribution in [3.8, 4) is 5.75 Å². The molecule has 0 spiro atoms. The lowest BCUT2D eigenvalue weighted by Gasteiger charge is -2.20. The standard InChI is InChI=1S/C11H15NO.H2/c1-8(2)9-3-4-11-10(7-9)12-5-6-13-11;/h3-4,7-8,12H,5-6H2,1-2H3;1H.